The molecular weight excluding hydrogens is 396 g/mol. The summed E-state index contributed by atoms with van der Waals surface area (Å²) in [6.07, 6.45) is 1.88. The summed E-state index contributed by atoms with van der Waals surface area (Å²) in [5.41, 5.74) is 1.55. The first-order valence-electron chi connectivity index (χ1n) is 11.2. The Kier molecular flexibility index (Phi) is 7.73. The van der Waals surface area contributed by atoms with Crippen LogP contribution in [0.2, 0.25) is 0 Å². The molecule has 0 spiro atoms. The summed E-state index contributed by atoms with van der Waals surface area (Å²) in [6.45, 7) is 9.62. The lowest BCUT2D eigenvalue weighted by Crippen LogP contribution is -2.41. The van der Waals surface area contributed by atoms with Gasteiger partial charge in [-0.1, -0.05) is 12.1 Å². The molecule has 7 heteroatoms. The average Bonchev–Trinajstić information content (AvgIpc) is 2.98. The summed E-state index contributed by atoms with van der Waals surface area (Å²) in [7, 11) is 0. The van der Waals surface area contributed by atoms with Crippen molar-refractivity contribution in [1.29, 1.82) is 0 Å². The third-order valence-corrected chi connectivity index (χ3v) is 5.52. The first kappa shape index (κ1) is 23.3. The molecule has 1 unspecified atom stereocenters. The maximum Gasteiger partial charge on any atom is 0.277 e. The summed E-state index contributed by atoms with van der Waals surface area (Å²) < 4.78 is 11.3. The number of likely N-dealkylation sites (tertiary alicyclic amines) is 1. The first-order chi connectivity index (χ1) is 14.8. The van der Waals surface area contributed by atoms with Crippen LogP contribution in [0.4, 0.5) is 0 Å². The van der Waals surface area contributed by atoms with E-state index in [0.29, 0.717) is 36.5 Å². The number of amides is 2. The van der Waals surface area contributed by atoms with E-state index in [1.165, 1.54) is 4.90 Å². The normalized spacial score (nSPS) is 19.9. The molecule has 2 aliphatic rings. The number of carbonyl (C=O) groups is 2. The van der Waals surface area contributed by atoms with Gasteiger partial charge in [-0.3, -0.25) is 14.5 Å². The maximum atomic E-state index is 13.3. The van der Waals surface area contributed by atoms with Crippen molar-refractivity contribution in [2.75, 3.05) is 32.8 Å². The highest BCUT2D eigenvalue weighted by atomic mass is 16.5. The third kappa shape index (κ3) is 5.46. The van der Waals surface area contributed by atoms with Gasteiger partial charge in [0, 0.05) is 19.7 Å². The van der Waals surface area contributed by atoms with Gasteiger partial charge >= 0.3 is 0 Å². The Morgan fingerprint density at radius 3 is 2.39 bits per heavy atom. The zero-order valence-corrected chi connectivity index (χ0v) is 19.0. The quantitative estimate of drug-likeness (QED) is 0.607. The molecule has 1 atom stereocenters. The summed E-state index contributed by atoms with van der Waals surface area (Å²) in [5, 5.41) is 9.64. The highest BCUT2D eigenvalue weighted by Gasteiger charge is 2.42. The molecule has 1 saturated heterocycles. The van der Waals surface area contributed by atoms with Crippen LogP contribution in [-0.4, -0.2) is 71.8 Å². The van der Waals surface area contributed by atoms with E-state index in [-0.39, 0.29) is 43.1 Å². The van der Waals surface area contributed by atoms with Crippen molar-refractivity contribution in [1.82, 2.24) is 9.80 Å². The van der Waals surface area contributed by atoms with E-state index in [2.05, 4.69) is 0 Å². The van der Waals surface area contributed by atoms with E-state index < -0.39 is 0 Å². The number of hydrogen-bond acceptors (Lipinski definition) is 6. The SMILES string of the molecule is CC(C)OCCN1C(=O)C(c2ccc(OC(C)C)cc2)=C(N2CCCC(CO)C2)C1=O. The van der Waals surface area contributed by atoms with Crippen molar-refractivity contribution in [3.8, 4) is 5.75 Å². The summed E-state index contributed by atoms with van der Waals surface area (Å²) in [5.74, 6) is 0.244. The van der Waals surface area contributed by atoms with Crippen LogP contribution in [0.25, 0.3) is 5.57 Å². The maximum absolute atomic E-state index is 13.3. The highest BCUT2D eigenvalue weighted by molar-refractivity contribution is 6.35. The third-order valence-electron chi connectivity index (χ3n) is 5.52. The second-order valence-electron chi connectivity index (χ2n) is 8.73. The molecule has 1 aromatic carbocycles. The van der Waals surface area contributed by atoms with Crippen LogP contribution in [0.3, 0.4) is 0 Å². The number of ether oxygens (including phenoxy) is 2. The summed E-state index contributed by atoms with van der Waals surface area (Å²) >= 11 is 0. The Labute approximate surface area is 184 Å². The molecule has 1 aromatic rings. The molecule has 1 fully saturated rings. The van der Waals surface area contributed by atoms with E-state index in [1.807, 2.05) is 56.9 Å². The second-order valence-corrected chi connectivity index (χ2v) is 8.73. The minimum Gasteiger partial charge on any atom is -0.491 e. The van der Waals surface area contributed by atoms with Crippen LogP contribution in [-0.2, 0) is 14.3 Å². The minimum absolute atomic E-state index is 0.0283. The highest BCUT2D eigenvalue weighted by Crippen LogP contribution is 2.34. The van der Waals surface area contributed by atoms with Gasteiger partial charge in [-0.05, 0) is 64.2 Å². The molecule has 31 heavy (non-hydrogen) atoms. The lowest BCUT2D eigenvalue weighted by Gasteiger charge is -2.34. The number of piperidine rings is 1. The number of hydrogen-bond donors (Lipinski definition) is 1. The van der Waals surface area contributed by atoms with Crippen LogP contribution in [0.1, 0.15) is 46.1 Å². The Morgan fingerprint density at radius 1 is 1.06 bits per heavy atom. The van der Waals surface area contributed by atoms with E-state index >= 15 is 0 Å². The Bertz CT molecular complexity index is 816. The predicted molar refractivity (Wildman–Crippen MR) is 118 cm³/mol. The fourth-order valence-corrected chi connectivity index (χ4v) is 4.09. The second kappa shape index (κ2) is 10.3. The fourth-order valence-electron chi connectivity index (χ4n) is 4.09. The van der Waals surface area contributed by atoms with Crippen molar-refractivity contribution in [3.63, 3.8) is 0 Å². The first-order valence-corrected chi connectivity index (χ1v) is 11.2. The standard InChI is InChI=1S/C24H34N2O5/c1-16(2)30-13-12-26-23(28)21(19-7-9-20(10-8-19)31-17(3)4)22(24(26)29)25-11-5-6-18(14-25)15-27/h7-10,16-18,27H,5-6,11-15H2,1-4H3. The van der Waals surface area contributed by atoms with Gasteiger partial charge in [0.1, 0.15) is 11.4 Å². The average molecular weight is 431 g/mol. The van der Waals surface area contributed by atoms with Crippen LogP contribution >= 0.6 is 0 Å². The molecule has 0 radical (unpaired) electrons. The molecule has 0 aliphatic carbocycles. The van der Waals surface area contributed by atoms with Crippen molar-refractivity contribution in [2.24, 2.45) is 5.92 Å². The van der Waals surface area contributed by atoms with E-state index in [4.69, 9.17) is 9.47 Å². The molecule has 7 nitrogen and oxygen atoms in total. The van der Waals surface area contributed by atoms with Crippen molar-refractivity contribution in [2.45, 2.75) is 52.7 Å². The Balaban J connectivity index is 1.93. The molecule has 170 valence electrons. The number of aliphatic hydroxyl groups is 1. The number of rotatable bonds is 9. The zero-order valence-electron chi connectivity index (χ0n) is 19.0. The smallest absolute Gasteiger partial charge is 0.277 e. The molecule has 2 aliphatic heterocycles. The van der Waals surface area contributed by atoms with Crippen molar-refractivity contribution < 1.29 is 24.2 Å². The van der Waals surface area contributed by atoms with Gasteiger partial charge in [0.15, 0.2) is 0 Å². The molecule has 0 saturated carbocycles. The molecule has 0 aromatic heterocycles. The van der Waals surface area contributed by atoms with Crippen LogP contribution in [0, 0.1) is 5.92 Å². The monoisotopic (exact) mass is 430 g/mol. The molecule has 2 heterocycles. The van der Waals surface area contributed by atoms with Crippen LogP contribution < -0.4 is 4.74 Å². The zero-order chi connectivity index (χ0) is 22.5. The number of nitrogens with zero attached hydrogens (tertiary/aromatic N) is 2. The number of carbonyl (C=O) groups excluding carboxylic acids is 2. The fraction of sp³-hybridized carbons (Fsp3) is 0.583. The minimum atomic E-state index is -0.295. The predicted octanol–water partition coefficient (Wildman–Crippen LogP) is 2.68. The van der Waals surface area contributed by atoms with Crippen LogP contribution in [0.5, 0.6) is 5.75 Å². The molecule has 1 N–H and O–H groups in total. The lowest BCUT2D eigenvalue weighted by molar-refractivity contribution is -0.138. The van der Waals surface area contributed by atoms with Gasteiger partial charge in [-0.25, -0.2) is 0 Å². The summed E-state index contributed by atoms with van der Waals surface area (Å²) in [4.78, 5) is 29.9. The van der Waals surface area contributed by atoms with E-state index in [1.54, 1.807) is 0 Å². The van der Waals surface area contributed by atoms with Gasteiger partial charge in [0.2, 0.25) is 0 Å². The number of benzene rings is 1. The van der Waals surface area contributed by atoms with Gasteiger partial charge < -0.3 is 19.5 Å². The largest absolute Gasteiger partial charge is 0.491 e. The molecule has 2 amide bonds. The van der Waals surface area contributed by atoms with E-state index in [0.717, 1.165) is 18.6 Å². The van der Waals surface area contributed by atoms with Gasteiger partial charge in [0.25, 0.3) is 11.8 Å². The molecular formula is C24H34N2O5. The number of aliphatic hydroxyl groups excluding tert-OH is 1. The summed E-state index contributed by atoms with van der Waals surface area (Å²) in [6, 6.07) is 7.32. The number of imide groups is 1. The lowest BCUT2D eigenvalue weighted by atomic mass is 9.97. The Morgan fingerprint density at radius 2 is 1.77 bits per heavy atom. The van der Waals surface area contributed by atoms with Gasteiger partial charge in [-0.15, -0.1) is 0 Å². The van der Waals surface area contributed by atoms with Crippen LogP contribution in [0.15, 0.2) is 30.0 Å². The molecule has 0 bridgehead atoms. The van der Waals surface area contributed by atoms with Gasteiger partial charge in [-0.2, -0.15) is 0 Å². The van der Waals surface area contributed by atoms with E-state index in [9.17, 15) is 14.7 Å². The Hall–Kier alpha value is -2.38. The van der Waals surface area contributed by atoms with Crippen molar-refractivity contribution in [3.05, 3.63) is 35.5 Å². The van der Waals surface area contributed by atoms with Gasteiger partial charge in [0.05, 0.1) is 30.9 Å². The topological polar surface area (TPSA) is 79.3 Å². The molecule has 3 rings (SSSR count). The van der Waals surface area contributed by atoms with Crippen molar-refractivity contribution >= 4 is 17.4 Å².